The third kappa shape index (κ3) is 41.4. The molecule has 8 aromatic rings. The number of fused-ring (bicyclic) bond motifs is 2. The van der Waals surface area contributed by atoms with Gasteiger partial charge in [-0.3, -0.25) is 0 Å². The number of ether oxygens (including phenoxy) is 10. The first-order chi connectivity index (χ1) is 60.7. The Hall–Kier alpha value is -8.97. The topological polar surface area (TPSA) is 174 Å². The maximum absolute atomic E-state index is 12.3. The predicted molar refractivity (Wildman–Crippen MR) is 469 cm³/mol. The normalized spacial score (nSPS) is 12.2. The van der Waals surface area contributed by atoms with Gasteiger partial charge in [0.05, 0.1) is 26.9 Å². The van der Waals surface area contributed by atoms with Crippen molar-refractivity contribution < 1.29 is 144 Å². The molecule has 0 bridgehead atoms. The number of rotatable bonds is 30. The summed E-state index contributed by atoms with van der Waals surface area (Å²) in [5.41, 5.74) is 6.70. The van der Waals surface area contributed by atoms with Crippen molar-refractivity contribution in [3.8, 4) is 63.6 Å². The summed E-state index contributed by atoms with van der Waals surface area (Å²) in [7, 11) is -3.35. The lowest BCUT2D eigenvalue weighted by molar-refractivity contribution is -0.0535. The minimum absolute atomic E-state index is 0.00551. The summed E-state index contributed by atoms with van der Waals surface area (Å²) < 4.78 is 311. The number of nitrogens with zero attached hydrogens (tertiary/aromatic N) is 1. The summed E-state index contributed by atoms with van der Waals surface area (Å²) in [5.74, 6) is 0.260. The second kappa shape index (κ2) is 56.8. The standard InChI is InChI=1S/C12H15F2NO2.C12H15F2NOS.C11H10ClF2NO.C11H12F4O2.C11H12F4OS.C11H14F2O3S.C11H14F2OS.C10H11ClF2O/c1-7(2)8-5-11-9(15-3-4-16-11)6-10(8)17-12(13)14;1-7(2)8-5-11-9(15-3-4-17-11)6-10(8)16-12(13)14;1-6(2)8-4-9(12)7(5-15)3-10(8)16-11(13)14;1-6(2)8-5-7(16-10(12)13)3-4-9(8)17-11(14)15;1-6(2)8-5-7(17-11(14)15)3-4-9(8)16-10(12)13;1-7(2)9-6-8(17(3,14)15)4-5-10(9)16-11(12)13;1-7(2)9-6-8(15-3)4-5-10(9)14-11(12)13;1-6(2)8-5-7(11)3-4-9(8)14-10(12)13/h2*5-7,12,15H,3-4H2,1-2H3;3-4,6,11H,1-2H3;2*3-6,10-11H,1-2H3;4-7,11H,1-3H3;4-7,11H,1-3H3;3-6,10H,1-2H3. The first-order valence-corrected chi connectivity index (χ1v) is 45.3. The number of hydrogen-bond acceptors (Lipinski definition) is 18. The van der Waals surface area contributed by atoms with Gasteiger partial charge in [0, 0.05) is 68.1 Å². The van der Waals surface area contributed by atoms with Gasteiger partial charge in [-0.1, -0.05) is 146 Å². The number of thioether (sulfide) groups is 3. The van der Waals surface area contributed by atoms with Crippen LogP contribution in [0, 0.1) is 11.3 Å². The summed E-state index contributed by atoms with van der Waals surface area (Å²) in [6.45, 7) is 6.06. The van der Waals surface area contributed by atoms with Gasteiger partial charge in [0.2, 0.25) is 0 Å². The van der Waals surface area contributed by atoms with Crippen LogP contribution in [0.2, 0.25) is 10.0 Å². The van der Waals surface area contributed by atoms with Crippen molar-refractivity contribution in [3.63, 3.8) is 0 Å². The van der Waals surface area contributed by atoms with Crippen LogP contribution in [0.5, 0.6) is 57.5 Å². The van der Waals surface area contributed by atoms with Crippen LogP contribution in [0.1, 0.15) is 208 Å². The van der Waals surface area contributed by atoms with Crippen LogP contribution < -0.4 is 58.0 Å². The molecule has 0 spiro atoms. The van der Waals surface area contributed by atoms with E-state index in [4.69, 9.17) is 33.2 Å². The number of anilines is 2. The first-order valence-electron chi connectivity index (χ1n) is 39.6. The number of benzene rings is 8. The highest BCUT2D eigenvalue weighted by Gasteiger charge is 2.25. The van der Waals surface area contributed by atoms with Crippen molar-refractivity contribution in [2.75, 3.05) is 48.6 Å². The molecule has 2 aliphatic heterocycles. The molecular formula is C89H103Cl2F20N3O12S4. The highest BCUT2D eigenvalue weighted by atomic mass is 35.5. The van der Waals surface area contributed by atoms with Crippen molar-refractivity contribution in [1.29, 1.82) is 5.26 Å². The van der Waals surface area contributed by atoms with Crippen LogP contribution >= 0.6 is 58.5 Å². The van der Waals surface area contributed by atoms with E-state index in [9.17, 15) is 96.2 Å². The minimum Gasteiger partial charge on any atom is -0.490 e. The molecule has 0 atom stereocenters. The van der Waals surface area contributed by atoms with Crippen LogP contribution in [0.15, 0.2) is 147 Å². The predicted octanol–water partition coefficient (Wildman–Crippen LogP) is 30.8. The molecule has 0 saturated carbocycles. The number of alkyl halides is 20. The number of nitriles is 1. The maximum atomic E-state index is 12.3. The molecule has 15 nitrogen and oxygen atoms in total. The highest BCUT2D eigenvalue weighted by molar-refractivity contribution is 7.99. The molecule has 0 radical (unpaired) electrons. The van der Waals surface area contributed by atoms with Crippen molar-refractivity contribution in [3.05, 3.63) is 188 Å². The van der Waals surface area contributed by atoms with Gasteiger partial charge in [0.1, 0.15) is 70.2 Å². The molecule has 2 aliphatic rings. The van der Waals surface area contributed by atoms with E-state index in [0.717, 1.165) is 56.8 Å². The summed E-state index contributed by atoms with van der Waals surface area (Å²) in [6, 6.07) is 33.1. The zero-order valence-corrected chi connectivity index (χ0v) is 78.4. The van der Waals surface area contributed by atoms with Gasteiger partial charge in [-0.2, -0.15) is 93.1 Å². The van der Waals surface area contributed by atoms with Gasteiger partial charge in [-0.15, -0.1) is 23.5 Å². The Morgan fingerprint density at radius 1 is 0.385 bits per heavy atom. The molecule has 0 saturated heterocycles. The lowest BCUT2D eigenvalue weighted by Gasteiger charge is -2.23. The first kappa shape index (κ1) is 115. The number of nitrogens with one attached hydrogen (secondary N) is 2. The number of halogens is 22. The Kier molecular flexibility index (Phi) is 50.3. The summed E-state index contributed by atoms with van der Waals surface area (Å²) in [5, 5.41) is 15.8. The molecular weight excluding hydrogens is 1880 g/mol. The number of sulfone groups is 1. The fourth-order valence-corrected chi connectivity index (χ4v) is 14.5. The lowest BCUT2D eigenvalue weighted by Crippen LogP contribution is -2.18. The quantitative estimate of drug-likeness (QED) is 0.0321. The molecule has 0 fully saturated rings. The summed E-state index contributed by atoms with van der Waals surface area (Å²) >= 11 is 15.3. The van der Waals surface area contributed by atoms with Crippen molar-refractivity contribution in [2.24, 2.45) is 0 Å². The minimum atomic E-state index is -3.35. The highest BCUT2D eigenvalue weighted by Crippen LogP contribution is 2.44. The van der Waals surface area contributed by atoms with E-state index in [1.807, 2.05) is 93.7 Å². The van der Waals surface area contributed by atoms with E-state index >= 15 is 0 Å². The van der Waals surface area contributed by atoms with E-state index < -0.39 is 75.1 Å². The molecule has 2 N–H and O–H groups in total. The van der Waals surface area contributed by atoms with Gasteiger partial charge in [0.25, 0.3) is 5.76 Å². The van der Waals surface area contributed by atoms with E-state index in [1.165, 1.54) is 72.8 Å². The van der Waals surface area contributed by atoms with Crippen LogP contribution in [-0.4, -0.2) is 112 Å². The molecule has 2 heterocycles. The average Bonchev–Trinajstić information content (AvgIpc) is 0.803. The van der Waals surface area contributed by atoms with Gasteiger partial charge >= 0.3 is 59.5 Å². The Morgan fingerprint density at radius 3 is 1.13 bits per heavy atom. The zero-order valence-electron chi connectivity index (χ0n) is 73.6. The van der Waals surface area contributed by atoms with Crippen molar-refractivity contribution in [2.45, 2.75) is 243 Å². The van der Waals surface area contributed by atoms with Gasteiger partial charge in [0.15, 0.2) is 9.84 Å². The summed E-state index contributed by atoms with van der Waals surface area (Å²) in [4.78, 5) is 2.61. The van der Waals surface area contributed by atoms with E-state index in [2.05, 4.69) is 53.3 Å². The third-order valence-electron chi connectivity index (χ3n) is 17.5. The molecule has 0 aromatic heterocycles. The summed E-state index contributed by atoms with van der Waals surface area (Å²) in [6.07, 6.45) is 3.02. The molecule has 0 unspecified atom stereocenters. The van der Waals surface area contributed by atoms with E-state index in [-0.39, 0.29) is 115 Å². The molecule has 0 aliphatic carbocycles. The van der Waals surface area contributed by atoms with Crippen molar-refractivity contribution in [1.82, 2.24) is 0 Å². The van der Waals surface area contributed by atoms with Crippen LogP contribution in [-0.2, 0) is 9.84 Å². The molecule has 10 rings (SSSR count). The van der Waals surface area contributed by atoms with Crippen LogP contribution in [0.25, 0.3) is 0 Å². The largest absolute Gasteiger partial charge is 0.490 e. The maximum Gasteiger partial charge on any atom is 0.387 e. The van der Waals surface area contributed by atoms with Gasteiger partial charge < -0.3 is 58.0 Å². The van der Waals surface area contributed by atoms with E-state index in [1.54, 1.807) is 101 Å². The molecule has 8 aromatic carbocycles. The Labute approximate surface area is 766 Å². The molecule has 724 valence electrons. The third-order valence-corrected chi connectivity index (χ3v) is 21.7. The Morgan fingerprint density at radius 2 is 0.723 bits per heavy atom. The molecule has 130 heavy (non-hydrogen) atoms. The fourth-order valence-electron chi connectivity index (χ4n) is 11.6. The zero-order chi connectivity index (χ0) is 98.5. The SMILES string of the molecule is CC(C)c1cc(Cl)c(C#N)cc1OC(F)F.CC(C)c1cc(Cl)ccc1OC(F)F.CC(C)c1cc(OC(F)F)ccc1OC(F)F.CC(C)c1cc(S(C)(=O)=O)ccc1OC(F)F.CC(C)c1cc(SC(F)F)ccc1OC(F)F.CC(C)c1cc2c(cc1OC(F)F)NCCO2.CC(C)c1cc2c(cc1OC(F)F)NCCS2.CSc1ccc(OC(F)F)c(C(C)C)c1. The van der Waals surface area contributed by atoms with Crippen molar-refractivity contribution >= 4 is 79.7 Å². The smallest absolute Gasteiger partial charge is 0.387 e. The van der Waals surface area contributed by atoms with E-state index in [0.29, 0.717) is 74.1 Å². The molecule has 41 heteroatoms. The Balaban J connectivity index is 0.000000383. The monoisotopic (exact) mass is 1980 g/mol. The lowest BCUT2D eigenvalue weighted by atomic mass is 10.0. The number of hydrogen-bond donors (Lipinski definition) is 2. The Bertz CT molecular complexity index is 4780. The van der Waals surface area contributed by atoms with Crippen LogP contribution in [0.4, 0.5) is 99.2 Å². The van der Waals surface area contributed by atoms with Gasteiger partial charge in [-0.25, -0.2) is 8.42 Å². The second-order valence-corrected chi connectivity index (χ2v) is 35.7. The molecule has 0 amide bonds. The second-order valence-electron chi connectivity index (χ2n) is 29.8. The average molecular weight is 1990 g/mol. The fraction of sp³-hybridized carbons (Fsp3) is 0.449. The van der Waals surface area contributed by atoms with Crippen LogP contribution in [0.3, 0.4) is 0 Å². The van der Waals surface area contributed by atoms with Gasteiger partial charge in [-0.05, 0) is 202 Å².